The van der Waals surface area contributed by atoms with Crippen LogP contribution in [0.3, 0.4) is 0 Å². The van der Waals surface area contributed by atoms with Crippen LogP contribution in [0.2, 0.25) is 5.02 Å². The Hall–Kier alpha value is -6.41. The molecule has 2 aliphatic heterocycles. The molecule has 0 radical (unpaired) electrons. The van der Waals surface area contributed by atoms with Gasteiger partial charge in [-0.25, -0.2) is 9.80 Å². The van der Waals surface area contributed by atoms with Gasteiger partial charge in [-0.2, -0.15) is 0 Å². The van der Waals surface area contributed by atoms with Crippen LogP contribution in [0.25, 0.3) is 0 Å². The van der Waals surface area contributed by atoms with Gasteiger partial charge < -0.3 is 10.0 Å². The minimum absolute atomic E-state index is 0.0251. The summed E-state index contributed by atoms with van der Waals surface area (Å²) in [6.07, 6.45) is 1.79. The van der Waals surface area contributed by atoms with Crippen molar-refractivity contribution in [3.63, 3.8) is 0 Å². The Bertz CT molecular complexity index is 2370. The topological polar surface area (TPSA) is 185 Å². The maximum atomic E-state index is 15.3. The highest BCUT2D eigenvalue weighted by molar-refractivity contribution is 6.32. The van der Waals surface area contributed by atoms with Crippen LogP contribution in [-0.4, -0.2) is 52.7 Å². The van der Waals surface area contributed by atoms with Crippen LogP contribution in [0, 0.1) is 43.9 Å². The van der Waals surface area contributed by atoms with E-state index in [9.17, 15) is 39.7 Å². The number of anilines is 3. The molecule has 2 heterocycles. The molecule has 1 N–H and O–H groups in total. The number of para-hydroxylation sites is 1. The Kier molecular flexibility index (Phi) is 8.33. The van der Waals surface area contributed by atoms with E-state index in [1.54, 1.807) is 72.8 Å². The van der Waals surface area contributed by atoms with E-state index in [2.05, 4.69) is 0 Å². The Morgan fingerprint density at radius 2 is 1.44 bits per heavy atom. The number of halogens is 1. The van der Waals surface area contributed by atoms with E-state index in [1.165, 1.54) is 31.1 Å². The third-order valence-electron chi connectivity index (χ3n) is 11.6. The molecular formula is C40H32ClN5O9. The number of benzene rings is 4. The second kappa shape index (κ2) is 12.9. The van der Waals surface area contributed by atoms with Crippen molar-refractivity contribution in [3.8, 4) is 5.75 Å². The predicted molar refractivity (Wildman–Crippen MR) is 201 cm³/mol. The van der Waals surface area contributed by atoms with Gasteiger partial charge in [-0.05, 0) is 48.6 Å². The van der Waals surface area contributed by atoms with Gasteiger partial charge in [0.15, 0.2) is 5.69 Å². The summed E-state index contributed by atoms with van der Waals surface area (Å²) in [5.41, 5.74) is -1.85. The SMILES string of the molecule is CN(C)c1c([N+](=O)[O-])cc(N2C(=O)[C@H]3[C@H](CC=C4[C@H]3C[C@H]3C(=O)N(c5cccc(Cl)c5)C(=O)[C@@]3(c3ccccc3)[C@H]4c3ccccc3O)C2=O)cc1[N+](=O)[O-]. The molecule has 4 amide bonds. The standard InChI is InChI=1S/C40H32ClN5O9/c1-42(2)35-30(45(52)53)18-24(19-31(35)46(54)55)43-36(48)27-16-15-25-28(33(27)38(43)50)20-29-37(49)44(23-12-8-11-22(41)17-23)39(51)40(29,21-9-4-3-5-10-21)34(25)26-13-6-7-14-32(26)47/h3-15,17-19,27-29,33-34,47H,16,20H2,1-2H3/t27-,28+,29-,33-,34+,40+/m0/s1. The lowest BCUT2D eigenvalue weighted by Gasteiger charge is -2.50. The maximum absolute atomic E-state index is 15.3. The van der Waals surface area contributed by atoms with E-state index in [0.29, 0.717) is 21.7 Å². The monoisotopic (exact) mass is 761 g/mol. The van der Waals surface area contributed by atoms with Gasteiger partial charge in [0, 0.05) is 42.7 Å². The van der Waals surface area contributed by atoms with Crippen molar-refractivity contribution in [3.05, 3.63) is 139 Å². The molecule has 4 aromatic carbocycles. The maximum Gasteiger partial charge on any atom is 0.301 e. The fourth-order valence-corrected chi connectivity index (χ4v) is 9.71. The van der Waals surface area contributed by atoms with Crippen LogP contribution in [0.15, 0.2) is 103 Å². The number of nitrogens with zero attached hydrogens (tertiary/aromatic N) is 5. The number of rotatable bonds is 7. The molecule has 2 saturated heterocycles. The van der Waals surface area contributed by atoms with Crippen molar-refractivity contribution in [2.45, 2.75) is 24.2 Å². The van der Waals surface area contributed by atoms with Gasteiger partial charge in [-0.15, -0.1) is 0 Å². The molecule has 6 atom stereocenters. The van der Waals surface area contributed by atoms with Crippen molar-refractivity contribution in [1.29, 1.82) is 0 Å². The molecule has 15 heteroatoms. The van der Waals surface area contributed by atoms with Gasteiger partial charge in [0.1, 0.15) is 5.75 Å². The number of nitro groups is 2. The molecule has 2 aliphatic carbocycles. The molecule has 4 aromatic rings. The molecule has 0 spiro atoms. The lowest BCUT2D eigenvalue weighted by Crippen LogP contribution is -2.53. The van der Waals surface area contributed by atoms with Crippen LogP contribution in [0.1, 0.15) is 29.9 Å². The highest BCUT2D eigenvalue weighted by atomic mass is 35.5. The Morgan fingerprint density at radius 1 is 0.782 bits per heavy atom. The van der Waals surface area contributed by atoms with E-state index in [0.717, 1.165) is 21.9 Å². The zero-order valence-corrected chi connectivity index (χ0v) is 30.1. The van der Waals surface area contributed by atoms with Crippen LogP contribution < -0.4 is 14.7 Å². The summed E-state index contributed by atoms with van der Waals surface area (Å²) in [5, 5.41) is 36.2. The molecule has 278 valence electrons. The van der Waals surface area contributed by atoms with Gasteiger partial charge in [-0.3, -0.25) is 39.4 Å². The molecule has 55 heavy (non-hydrogen) atoms. The number of nitro benzene ring substituents is 2. The van der Waals surface area contributed by atoms with E-state index < -0.39 is 79.9 Å². The largest absolute Gasteiger partial charge is 0.508 e. The highest BCUT2D eigenvalue weighted by Crippen LogP contribution is 2.65. The van der Waals surface area contributed by atoms with E-state index in [-0.39, 0.29) is 35.7 Å². The van der Waals surface area contributed by atoms with Crippen molar-refractivity contribution in [2.24, 2.45) is 23.7 Å². The molecule has 4 aliphatic rings. The number of hydrogen-bond donors (Lipinski definition) is 1. The number of carbonyl (C=O) groups is 4. The molecule has 0 bridgehead atoms. The second-order valence-corrected chi connectivity index (χ2v) is 14.8. The number of phenols is 1. The molecule has 1 saturated carbocycles. The normalized spacial score (nSPS) is 25.7. The third-order valence-corrected chi connectivity index (χ3v) is 11.8. The average Bonchev–Trinajstić information content (AvgIpc) is 3.55. The van der Waals surface area contributed by atoms with Crippen LogP contribution >= 0.6 is 11.6 Å². The molecule has 0 unspecified atom stereocenters. The smallest absolute Gasteiger partial charge is 0.301 e. The first-order valence-corrected chi connectivity index (χ1v) is 17.9. The second-order valence-electron chi connectivity index (χ2n) is 14.4. The fraction of sp³-hybridized carbons (Fsp3) is 0.250. The lowest BCUT2D eigenvalue weighted by atomic mass is 9.49. The van der Waals surface area contributed by atoms with Gasteiger partial charge in [0.25, 0.3) is 0 Å². The average molecular weight is 762 g/mol. The van der Waals surface area contributed by atoms with Gasteiger partial charge in [-0.1, -0.05) is 77.8 Å². The minimum atomic E-state index is -1.61. The summed E-state index contributed by atoms with van der Waals surface area (Å²) >= 11 is 6.36. The number of allylic oxidation sites excluding steroid dienone is 2. The Labute approximate surface area is 318 Å². The first kappa shape index (κ1) is 35.6. The van der Waals surface area contributed by atoms with Crippen molar-refractivity contribution < 1.29 is 34.1 Å². The fourth-order valence-electron chi connectivity index (χ4n) is 9.53. The number of hydrogen-bond acceptors (Lipinski definition) is 10. The molecule has 14 nitrogen and oxygen atoms in total. The molecule has 3 fully saturated rings. The number of imide groups is 2. The van der Waals surface area contributed by atoms with E-state index in [4.69, 9.17) is 11.6 Å². The quantitative estimate of drug-likeness (QED) is 0.0971. The number of amides is 4. The van der Waals surface area contributed by atoms with E-state index >= 15 is 4.79 Å². The van der Waals surface area contributed by atoms with Crippen molar-refractivity contribution >= 4 is 63.7 Å². The number of aromatic hydroxyl groups is 1. The predicted octanol–water partition coefficient (Wildman–Crippen LogP) is 6.30. The Morgan fingerprint density at radius 3 is 2.05 bits per heavy atom. The summed E-state index contributed by atoms with van der Waals surface area (Å²) in [5.74, 6) is -7.61. The highest BCUT2D eigenvalue weighted by Gasteiger charge is 2.70. The summed E-state index contributed by atoms with van der Waals surface area (Å²) < 4.78 is 0. The molecule has 8 rings (SSSR count). The van der Waals surface area contributed by atoms with Gasteiger partial charge >= 0.3 is 11.4 Å². The van der Waals surface area contributed by atoms with Crippen LogP contribution in [0.4, 0.5) is 28.4 Å². The zero-order valence-electron chi connectivity index (χ0n) is 29.4. The van der Waals surface area contributed by atoms with Crippen molar-refractivity contribution in [1.82, 2.24) is 0 Å². The first-order chi connectivity index (χ1) is 26.3. The van der Waals surface area contributed by atoms with Crippen LogP contribution in [-0.2, 0) is 24.6 Å². The summed E-state index contributed by atoms with van der Waals surface area (Å²) in [6, 6.07) is 23.7. The molecular weight excluding hydrogens is 730 g/mol. The van der Waals surface area contributed by atoms with Crippen molar-refractivity contribution in [2.75, 3.05) is 28.8 Å². The first-order valence-electron chi connectivity index (χ1n) is 17.5. The zero-order chi connectivity index (χ0) is 39.1. The summed E-state index contributed by atoms with van der Waals surface area (Å²) in [7, 11) is 2.82. The van der Waals surface area contributed by atoms with E-state index in [1.807, 2.05) is 0 Å². The third kappa shape index (κ3) is 5.08. The minimum Gasteiger partial charge on any atom is -0.508 e. The van der Waals surface area contributed by atoms with Gasteiger partial charge in [0.05, 0.1) is 44.4 Å². The Balaban J connectivity index is 1.32. The number of phenolic OH excluding ortho intramolecular Hbond substituents is 1. The summed E-state index contributed by atoms with van der Waals surface area (Å²) in [4.78, 5) is 85.0. The number of fused-ring (bicyclic) bond motifs is 4. The van der Waals surface area contributed by atoms with Crippen LogP contribution in [0.5, 0.6) is 5.75 Å². The van der Waals surface area contributed by atoms with Gasteiger partial charge in [0.2, 0.25) is 23.6 Å². The lowest BCUT2D eigenvalue weighted by molar-refractivity contribution is -0.392. The summed E-state index contributed by atoms with van der Waals surface area (Å²) in [6.45, 7) is 0. The molecule has 0 aromatic heterocycles. The number of carbonyl (C=O) groups excluding carboxylic acids is 4.